The Hall–Kier alpha value is -1.79. The highest BCUT2D eigenvalue weighted by molar-refractivity contribution is 7.18. The van der Waals surface area contributed by atoms with E-state index in [0.29, 0.717) is 6.42 Å². The van der Waals surface area contributed by atoms with E-state index in [0.717, 1.165) is 20.2 Å². The third kappa shape index (κ3) is 2.12. The van der Waals surface area contributed by atoms with E-state index >= 15 is 0 Å². The average molecular weight is 276 g/mol. The van der Waals surface area contributed by atoms with E-state index in [2.05, 4.69) is 9.97 Å². The molecule has 0 aliphatic rings. The van der Waals surface area contributed by atoms with Crippen molar-refractivity contribution in [2.45, 2.75) is 6.42 Å². The number of carbonyl (C=O) groups is 1. The van der Waals surface area contributed by atoms with Crippen molar-refractivity contribution in [3.63, 3.8) is 0 Å². The highest BCUT2D eigenvalue weighted by Gasteiger charge is 2.11. The maximum atomic E-state index is 10.8. The lowest BCUT2D eigenvalue weighted by Crippen LogP contribution is -1.89. The van der Waals surface area contributed by atoms with Crippen molar-refractivity contribution in [2.75, 3.05) is 0 Å². The quantitative estimate of drug-likeness (QED) is 0.798. The number of benzene rings is 1. The number of hydrogen-bond acceptors (Lipinski definition) is 5. The molecular weight excluding hydrogens is 268 g/mol. The van der Waals surface area contributed by atoms with Crippen LogP contribution in [-0.2, 0) is 6.42 Å². The number of hydrogen-bond donors (Lipinski definition) is 1. The van der Waals surface area contributed by atoms with Gasteiger partial charge in [-0.3, -0.25) is 0 Å². The van der Waals surface area contributed by atoms with Crippen molar-refractivity contribution >= 4 is 38.9 Å². The third-order valence-electron chi connectivity index (χ3n) is 2.40. The molecule has 18 heavy (non-hydrogen) atoms. The van der Waals surface area contributed by atoms with Crippen molar-refractivity contribution in [2.24, 2.45) is 0 Å². The number of rotatable bonds is 3. The number of nitrogens with zero attached hydrogens (tertiary/aromatic N) is 2. The second kappa shape index (κ2) is 4.47. The molecule has 0 bridgehead atoms. The van der Waals surface area contributed by atoms with Gasteiger partial charge in [0.15, 0.2) is 0 Å². The van der Waals surface area contributed by atoms with E-state index in [1.807, 2.05) is 24.3 Å². The fraction of sp³-hybridized carbons (Fsp3) is 0.0833. The van der Waals surface area contributed by atoms with Crippen molar-refractivity contribution in [3.05, 3.63) is 45.4 Å². The standard InChI is InChI=1S/C12H8N2O2S2/c15-12(16)9-6-13-10(18-9)5-11-14-7-3-1-2-4-8(7)17-11/h1-4,6H,5H2,(H,15,16). The molecule has 0 aliphatic heterocycles. The summed E-state index contributed by atoms with van der Waals surface area (Å²) in [6.07, 6.45) is 1.99. The van der Waals surface area contributed by atoms with Gasteiger partial charge in [-0.1, -0.05) is 12.1 Å². The average Bonchev–Trinajstić information content (AvgIpc) is 2.94. The molecule has 0 amide bonds. The van der Waals surface area contributed by atoms with Crippen LogP contribution in [0.2, 0.25) is 0 Å². The van der Waals surface area contributed by atoms with Crippen LogP contribution in [0.15, 0.2) is 30.5 Å². The van der Waals surface area contributed by atoms with E-state index in [4.69, 9.17) is 5.11 Å². The molecule has 2 heterocycles. The van der Waals surface area contributed by atoms with Crippen LogP contribution >= 0.6 is 22.7 Å². The SMILES string of the molecule is O=C(O)c1cnc(Cc2nc3ccccc3s2)s1. The van der Waals surface area contributed by atoms with E-state index < -0.39 is 5.97 Å². The number of aromatic nitrogens is 2. The predicted octanol–water partition coefficient (Wildman–Crippen LogP) is 3.04. The first kappa shape index (κ1) is 11.3. The molecule has 0 aliphatic carbocycles. The number of para-hydroxylation sites is 1. The molecule has 0 unspecified atom stereocenters. The maximum absolute atomic E-state index is 10.8. The molecule has 0 atom stereocenters. The van der Waals surface area contributed by atoms with Crippen LogP contribution in [-0.4, -0.2) is 21.0 Å². The Morgan fingerprint density at radius 3 is 2.78 bits per heavy atom. The zero-order valence-electron chi connectivity index (χ0n) is 9.16. The van der Waals surface area contributed by atoms with Crippen LogP contribution in [0, 0.1) is 0 Å². The fourth-order valence-electron chi connectivity index (χ4n) is 1.62. The van der Waals surface area contributed by atoms with Gasteiger partial charge in [0.1, 0.15) is 14.9 Å². The lowest BCUT2D eigenvalue weighted by Gasteiger charge is -1.88. The lowest BCUT2D eigenvalue weighted by atomic mass is 10.3. The minimum atomic E-state index is -0.928. The first-order valence-corrected chi connectivity index (χ1v) is 6.88. The van der Waals surface area contributed by atoms with E-state index in [1.54, 1.807) is 11.3 Å². The molecule has 2 aromatic heterocycles. The summed E-state index contributed by atoms with van der Waals surface area (Å²) in [5.74, 6) is -0.928. The van der Waals surface area contributed by atoms with Crippen LogP contribution in [0.4, 0.5) is 0 Å². The monoisotopic (exact) mass is 276 g/mol. The van der Waals surface area contributed by atoms with Crippen molar-refractivity contribution in [1.29, 1.82) is 0 Å². The highest BCUT2D eigenvalue weighted by atomic mass is 32.1. The summed E-state index contributed by atoms with van der Waals surface area (Å²) in [6, 6.07) is 7.94. The van der Waals surface area contributed by atoms with Gasteiger partial charge in [0.25, 0.3) is 0 Å². The number of fused-ring (bicyclic) bond motifs is 1. The van der Waals surface area contributed by atoms with Gasteiger partial charge in [-0.15, -0.1) is 22.7 Å². The zero-order valence-corrected chi connectivity index (χ0v) is 10.8. The number of carboxylic acids is 1. The van der Waals surface area contributed by atoms with Crippen LogP contribution in [0.3, 0.4) is 0 Å². The Bertz CT molecular complexity index is 685. The van der Waals surface area contributed by atoms with Gasteiger partial charge in [-0.2, -0.15) is 0 Å². The second-order valence-corrected chi connectivity index (χ2v) is 5.91. The molecule has 0 fully saturated rings. The van der Waals surface area contributed by atoms with Crippen molar-refractivity contribution in [1.82, 2.24) is 9.97 Å². The molecule has 0 saturated carbocycles. The Kier molecular flexibility index (Phi) is 2.81. The minimum Gasteiger partial charge on any atom is -0.477 e. The van der Waals surface area contributed by atoms with Gasteiger partial charge >= 0.3 is 5.97 Å². The normalized spacial score (nSPS) is 10.9. The minimum absolute atomic E-state index is 0.270. The number of aromatic carboxylic acids is 1. The largest absolute Gasteiger partial charge is 0.477 e. The van der Waals surface area contributed by atoms with E-state index in [9.17, 15) is 4.79 Å². The molecule has 0 spiro atoms. The maximum Gasteiger partial charge on any atom is 0.347 e. The first-order chi connectivity index (χ1) is 8.72. The lowest BCUT2D eigenvalue weighted by molar-refractivity contribution is 0.0702. The molecule has 90 valence electrons. The van der Waals surface area contributed by atoms with Crippen LogP contribution < -0.4 is 0 Å². The Morgan fingerprint density at radius 1 is 1.22 bits per heavy atom. The van der Waals surface area contributed by atoms with Crippen molar-refractivity contribution < 1.29 is 9.90 Å². The van der Waals surface area contributed by atoms with Crippen LogP contribution in [0.1, 0.15) is 19.7 Å². The molecule has 4 nitrogen and oxygen atoms in total. The Morgan fingerprint density at radius 2 is 2.06 bits per heavy atom. The Labute approximate surface area is 111 Å². The molecule has 6 heteroatoms. The summed E-state index contributed by atoms with van der Waals surface area (Å²) in [7, 11) is 0. The molecule has 3 rings (SSSR count). The smallest absolute Gasteiger partial charge is 0.347 e. The molecular formula is C12H8N2O2S2. The van der Waals surface area contributed by atoms with Crippen LogP contribution in [0.5, 0.6) is 0 Å². The highest BCUT2D eigenvalue weighted by Crippen LogP contribution is 2.25. The molecule has 1 aromatic carbocycles. The van der Waals surface area contributed by atoms with Gasteiger partial charge in [0, 0.05) is 0 Å². The molecule has 1 N–H and O–H groups in total. The summed E-state index contributed by atoms with van der Waals surface area (Å²) in [6.45, 7) is 0. The molecule has 0 radical (unpaired) electrons. The summed E-state index contributed by atoms with van der Waals surface area (Å²) >= 11 is 2.82. The number of thiazole rings is 2. The van der Waals surface area contributed by atoms with E-state index in [1.165, 1.54) is 17.5 Å². The van der Waals surface area contributed by atoms with Crippen LogP contribution in [0.25, 0.3) is 10.2 Å². The summed E-state index contributed by atoms with van der Waals surface area (Å²) in [5.41, 5.74) is 0.979. The fourth-order valence-corrected chi connectivity index (χ4v) is 3.44. The van der Waals surface area contributed by atoms with Gasteiger partial charge < -0.3 is 5.11 Å². The molecule has 3 aromatic rings. The zero-order chi connectivity index (χ0) is 12.5. The van der Waals surface area contributed by atoms with Crippen molar-refractivity contribution in [3.8, 4) is 0 Å². The molecule has 0 saturated heterocycles. The summed E-state index contributed by atoms with van der Waals surface area (Å²) in [5, 5.41) is 10.6. The van der Waals surface area contributed by atoms with E-state index in [-0.39, 0.29) is 4.88 Å². The van der Waals surface area contributed by atoms with Gasteiger partial charge in [0.2, 0.25) is 0 Å². The summed E-state index contributed by atoms with van der Waals surface area (Å²) < 4.78 is 1.14. The van der Waals surface area contributed by atoms with Gasteiger partial charge in [-0.25, -0.2) is 14.8 Å². The topological polar surface area (TPSA) is 63.1 Å². The van der Waals surface area contributed by atoms with Gasteiger partial charge in [-0.05, 0) is 12.1 Å². The van der Waals surface area contributed by atoms with Gasteiger partial charge in [0.05, 0.1) is 22.8 Å². The Balaban J connectivity index is 1.88. The first-order valence-electron chi connectivity index (χ1n) is 5.25. The predicted molar refractivity (Wildman–Crippen MR) is 71.5 cm³/mol. The third-order valence-corrected chi connectivity index (χ3v) is 4.43. The summed E-state index contributed by atoms with van der Waals surface area (Å²) in [4.78, 5) is 19.6. The second-order valence-electron chi connectivity index (χ2n) is 3.68. The number of carboxylic acid groups (broad SMARTS) is 1.